The first-order valence-corrected chi connectivity index (χ1v) is 9.44. The quantitative estimate of drug-likeness (QED) is 0.812. The number of benzene rings is 2. The maximum atomic E-state index is 11.9. The highest BCUT2D eigenvalue weighted by Gasteiger charge is 2.55. The largest absolute Gasteiger partial charge is 0.497 e. The SMILES string of the molecule is COc1ccc(N2C3=[N+](CCOC3)CC2(O)c2ccc3c(c2)OCCO3)cc1. The van der Waals surface area contributed by atoms with E-state index in [0.717, 1.165) is 29.4 Å². The van der Waals surface area contributed by atoms with Gasteiger partial charge in [-0.15, -0.1) is 0 Å². The molecule has 0 fully saturated rings. The van der Waals surface area contributed by atoms with E-state index in [1.165, 1.54) is 0 Å². The maximum Gasteiger partial charge on any atom is 0.281 e. The normalized spacial score (nSPS) is 23.6. The molecule has 7 heteroatoms. The average molecular weight is 383 g/mol. The number of fused-ring (bicyclic) bond motifs is 1. The Morgan fingerprint density at radius 3 is 2.61 bits per heavy atom. The number of methoxy groups -OCH3 is 1. The fourth-order valence-corrected chi connectivity index (χ4v) is 4.09. The summed E-state index contributed by atoms with van der Waals surface area (Å²) in [6.45, 7) is 3.36. The Kier molecular flexibility index (Phi) is 4.14. The summed E-state index contributed by atoms with van der Waals surface area (Å²) in [6.07, 6.45) is 0. The van der Waals surface area contributed by atoms with Gasteiger partial charge in [-0.2, -0.15) is 4.90 Å². The molecule has 1 unspecified atom stereocenters. The zero-order chi connectivity index (χ0) is 19.1. The van der Waals surface area contributed by atoms with Crippen LogP contribution in [-0.2, 0) is 10.5 Å². The molecule has 28 heavy (non-hydrogen) atoms. The van der Waals surface area contributed by atoms with E-state index in [1.807, 2.05) is 47.4 Å². The highest BCUT2D eigenvalue weighted by Crippen LogP contribution is 2.40. The molecule has 0 radical (unpaired) electrons. The molecule has 2 aromatic carbocycles. The average Bonchev–Trinajstić information content (AvgIpc) is 3.06. The van der Waals surface area contributed by atoms with Crippen molar-refractivity contribution in [2.24, 2.45) is 0 Å². The van der Waals surface area contributed by atoms with Crippen molar-refractivity contribution in [3.05, 3.63) is 48.0 Å². The molecule has 5 rings (SSSR count). The van der Waals surface area contributed by atoms with Crippen molar-refractivity contribution in [1.82, 2.24) is 0 Å². The van der Waals surface area contributed by atoms with Gasteiger partial charge in [0.15, 0.2) is 18.0 Å². The topological polar surface area (TPSA) is 63.4 Å². The van der Waals surface area contributed by atoms with Gasteiger partial charge in [0, 0.05) is 5.56 Å². The highest BCUT2D eigenvalue weighted by molar-refractivity contribution is 5.98. The Balaban J connectivity index is 1.60. The summed E-state index contributed by atoms with van der Waals surface area (Å²) < 4.78 is 24.5. The fourth-order valence-electron chi connectivity index (χ4n) is 4.09. The van der Waals surface area contributed by atoms with Gasteiger partial charge in [0.2, 0.25) is 0 Å². The summed E-state index contributed by atoms with van der Waals surface area (Å²) in [5, 5.41) is 11.9. The number of hydrogen-bond donors (Lipinski definition) is 1. The van der Waals surface area contributed by atoms with E-state index in [9.17, 15) is 5.11 Å². The summed E-state index contributed by atoms with van der Waals surface area (Å²) in [4.78, 5) is 1.96. The van der Waals surface area contributed by atoms with E-state index in [1.54, 1.807) is 7.11 Å². The van der Waals surface area contributed by atoms with Gasteiger partial charge in [-0.05, 0) is 42.5 Å². The van der Waals surface area contributed by atoms with Crippen molar-refractivity contribution in [2.75, 3.05) is 51.5 Å². The van der Waals surface area contributed by atoms with Gasteiger partial charge >= 0.3 is 0 Å². The van der Waals surface area contributed by atoms with Crippen LogP contribution in [0.3, 0.4) is 0 Å². The molecule has 2 aromatic rings. The number of aliphatic hydroxyl groups is 1. The van der Waals surface area contributed by atoms with Crippen LogP contribution in [0.15, 0.2) is 42.5 Å². The van der Waals surface area contributed by atoms with E-state index in [2.05, 4.69) is 4.58 Å². The number of hydrogen-bond acceptors (Lipinski definition) is 6. The predicted octanol–water partition coefficient (Wildman–Crippen LogP) is 1.57. The molecule has 1 atom stereocenters. The van der Waals surface area contributed by atoms with Crippen molar-refractivity contribution in [3.63, 3.8) is 0 Å². The zero-order valence-electron chi connectivity index (χ0n) is 15.8. The lowest BCUT2D eigenvalue weighted by Crippen LogP contribution is -2.48. The molecular formula is C21H23N2O5+. The van der Waals surface area contributed by atoms with Gasteiger partial charge in [0.25, 0.3) is 11.6 Å². The van der Waals surface area contributed by atoms with E-state index in [-0.39, 0.29) is 0 Å². The summed E-state index contributed by atoms with van der Waals surface area (Å²) in [5.41, 5.74) is 0.392. The number of ether oxygens (including phenoxy) is 4. The summed E-state index contributed by atoms with van der Waals surface area (Å²) in [7, 11) is 1.64. The first-order chi connectivity index (χ1) is 13.7. The smallest absolute Gasteiger partial charge is 0.281 e. The minimum atomic E-state index is -1.24. The molecular weight excluding hydrogens is 360 g/mol. The summed E-state index contributed by atoms with van der Waals surface area (Å²) in [5.74, 6) is 3.10. The van der Waals surface area contributed by atoms with Crippen molar-refractivity contribution >= 4 is 11.5 Å². The van der Waals surface area contributed by atoms with Crippen molar-refractivity contribution in [1.29, 1.82) is 0 Å². The second-order valence-corrected chi connectivity index (χ2v) is 7.10. The molecule has 3 aliphatic heterocycles. The first kappa shape index (κ1) is 17.3. The van der Waals surface area contributed by atoms with Crippen LogP contribution in [-0.4, -0.2) is 62.1 Å². The van der Waals surface area contributed by atoms with Crippen molar-refractivity contribution < 1.29 is 28.6 Å². The van der Waals surface area contributed by atoms with Crippen LogP contribution in [0.5, 0.6) is 17.2 Å². The molecule has 0 spiro atoms. The minimum Gasteiger partial charge on any atom is -0.497 e. The Bertz CT molecular complexity index is 927. The molecule has 0 aliphatic carbocycles. The van der Waals surface area contributed by atoms with Gasteiger partial charge in [0.05, 0.1) is 13.7 Å². The molecule has 0 saturated carbocycles. The predicted molar refractivity (Wildman–Crippen MR) is 103 cm³/mol. The van der Waals surface area contributed by atoms with E-state index >= 15 is 0 Å². The van der Waals surface area contributed by atoms with Crippen LogP contribution in [0.4, 0.5) is 5.69 Å². The molecule has 0 aromatic heterocycles. The third kappa shape index (κ3) is 2.70. The molecule has 0 saturated heterocycles. The molecule has 146 valence electrons. The highest BCUT2D eigenvalue weighted by atomic mass is 16.6. The van der Waals surface area contributed by atoms with Crippen LogP contribution in [0.2, 0.25) is 0 Å². The number of anilines is 1. The molecule has 7 nitrogen and oxygen atoms in total. The first-order valence-electron chi connectivity index (χ1n) is 9.44. The number of amidine groups is 1. The zero-order valence-corrected chi connectivity index (χ0v) is 15.8. The number of nitrogens with zero attached hydrogens (tertiary/aromatic N) is 2. The lowest BCUT2D eigenvalue weighted by Gasteiger charge is -2.30. The second kappa shape index (κ2) is 6.68. The van der Waals surface area contributed by atoms with E-state index in [0.29, 0.717) is 44.5 Å². The van der Waals surface area contributed by atoms with Gasteiger partial charge in [-0.3, -0.25) is 4.58 Å². The lowest BCUT2D eigenvalue weighted by molar-refractivity contribution is -0.543. The van der Waals surface area contributed by atoms with Crippen LogP contribution in [0.25, 0.3) is 0 Å². The van der Waals surface area contributed by atoms with E-state index in [4.69, 9.17) is 18.9 Å². The maximum absolute atomic E-state index is 11.9. The van der Waals surface area contributed by atoms with Crippen LogP contribution in [0.1, 0.15) is 5.56 Å². The Morgan fingerprint density at radius 1 is 1.04 bits per heavy atom. The van der Waals surface area contributed by atoms with Crippen LogP contribution in [0, 0.1) is 0 Å². The van der Waals surface area contributed by atoms with Crippen LogP contribution < -0.4 is 19.1 Å². The minimum absolute atomic E-state index is 0.456. The third-order valence-corrected chi connectivity index (χ3v) is 5.48. The summed E-state index contributed by atoms with van der Waals surface area (Å²) in [6, 6.07) is 13.3. The number of rotatable bonds is 3. The standard InChI is InChI=1S/C21H23N2O5/c1-25-17-5-3-16(4-6-17)23-20-13-26-9-8-22(20)14-21(23,24)15-2-7-18-19(12-15)28-11-10-27-18/h2-7,12,24H,8-11,13-14H2,1H3/q+1. The Morgan fingerprint density at radius 2 is 1.82 bits per heavy atom. The monoisotopic (exact) mass is 383 g/mol. The van der Waals surface area contributed by atoms with Crippen molar-refractivity contribution in [2.45, 2.75) is 5.72 Å². The molecule has 0 amide bonds. The van der Waals surface area contributed by atoms with Crippen molar-refractivity contribution in [3.8, 4) is 17.2 Å². The lowest BCUT2D eigenvalue weighted by atomic mass is 10.00. The van der Waals surface area contributed by atoms with Gasteiger partial charge in [-0.25, -0.2) is 0 Å². The van der Waals surface area contributed by atoms with Gasteiger partial charge in [-0.1, -0.05) is 0 Å². The third-order valence-electron chi connectivity index (χ3n) is 5.48. The Labute approximate surface area is 163 Å². The van der Waals surface area contributed by atoms with Gasteiger partial charge < -0.3 is 24.1 Å². The van der Waals surface area contributed by atoms with Gasteiger partial charge in [0.1, 0.15) is 37.8 Å². The molecule has 1 N–H and O–H groups in total. The molecule has 3 aliphatic rings. The van der Waals surface area contributed by atoms with Crippen LogP contribution >= 0.6 is 0 Å². The summed E-state index contributed by atoms with van der Waals surface area (Å²) >= 11 is 0. The molecule has 0 bridgehead atoms. The molecule has 3 heterocycles. The Hall–Kier alpha value is -2.77. The second-order valence-electron chi connectivity index (χ2n) is 7.10. The van der Waals surface area contributed by atoms with E-state index < -0.39 is 5.72 Å². The fraction of sp³-hybridized carbons (Fsp3) is 0.381.